The van der Waals surface area contributed by atoms with Crippen LogP contribution in [0.2, 0.25) is 0 Å². The highest BCUT2D eigenvalue weighted by Crippen LogP contribution is 2.21. The Morgan fingerprint density at radius 2 is 2.00 bits per heavy atom. The lowest BCUT2D eigenvalue weighted by molar-refractivity contribution is 0.0474. The number of aryl methyl sites for hydroxylation is 2. The zero-order valence-electron chi connectivity index (χ0n) is 11.1. The van der Waals surface area contributed by atoms with Gasteiger partial charge in [0.15, 0.2) is 6.61 Å². The average Bonchev–Trinajstić information content (AvgIpc) is 2.74. The Morgan fingerprint density at radius 3 is 2.60 bits per heavy atom. The van der Waals surface area contributed by atoms with Crippen LogP contribution in [0, 0.1) is 13.8 Å². The molecule has 104 valence electrons. The monoisotopic (exact) mass is 352 g/mol. The molecule has 0 aliphatic rings. The van der Waals surface area contributed by atoms with Crippen molar-refractivity contribution in [1.82, 2.24) is 0 Å². The Bertz CT molecular complexity index is 661. The molecule has 0 radical (unpaired) electrons. The van der Waals surface area contributed by atoms with Gasteiger partial charge in [0.25, 0.3) is 0 Å². The number of hydrogen-bond acceptors (Lipinski definition) is 4. The summed E-state index contributed by atoms with van der Waals surface area (Å²) >= 11 is 4.85. The van der Waals surface area contributed by atoms with Crippen LogP contribution in [0.15, 0.2) is 34.8 Å². The quantitative estimate of drug-likeness (QED) is 0.612. The topological polar surface area (TPSA) is 43.4 Å². The van der Waals surface area contributed by atoms with Crippen molar-refractivity contribution in [3.05, 3.63) is 55.7 Å². The summed E-state index contributed by atoms with van der Waals surface area (Å²) in [5, 5.41) is 0. The van der Waals surface area contributed by atoms with Gasteiger partial charge in [-0.15, -0.1) is 11.3 Å². The predicted octanol–water partition coefficient (Wildman–Crippen LogP) is 4.17. The third-order valence-corrected chi connectivity index (χ3v) is 4.20. The van der Waals surface area contributed by atoms with Crippen LogP contribution in [0.5, 0.6) is 0 Å². The first-order valence-corrected chi connectivity index (χ1v) is 7.61. The number of carbonyl (C=O) groups is 2. The van der Waals surface area contributed by atoms with Crippen molar-refractivity contribution >= 4 is 39.0 Å². The van der Waals surface area contributed by atoms with Crippen molar-refractivity contribution in [2.45, 2.75) is 13.8 Å². The van der Waals surface area contributed by atoms with Crippen LogP contribution < -0.4 is 0 Å². The molecule has 0 spiro atoms. The first-order valence-electron chi connectivity index (χ1n) is 6.00. The summed E-state index contributed by atoms with van der Waals surface area (Å²) in [4.78, 5) is 25.9. The summed E-state index contributed by atoms with van der Waals surface area (Å²) in [5.74, 6) is -0.667. The van der Waals surface area contributed by atoms with E-state index in [2.05, 4.69) is 15.9 Å². The Hall–Kier alpha value is -1.46. The lowest BCUT2D eigenvalue weighted by Gasteiger charge is -2.04. The maximum absolute atomic E-state index is 12.0. The van der Waals surface area contributed by atoms with Gasteiger partial charge in [0.05, 0.1) is 5.56 Å². The molecule has 0 bridgehead atoms. The van der Waals surface area contributed by atoms with Crippen molar-refractivity contribution in [2.24, 2.45) is 0 Å². The summed E-state index contributed by atoms with van der Waals surface area (Å²) < 4.78 is 5.85. The van der Waals surface area contributed by atoms with Crippen molar-refractivity contribution < 1.29 is 14.3 Å². The fraction of sp³-hybridized carbons (Fsp3) is 0.200. The average molecular weight is 353 g/mol. The smallest absolute Gasteiger partial charge is 0.338 e. The molecule has 0 saturated heterocycles. The summed E-state index contributed by atoms with van der Waals surface area (Å²) in [7, 11) is 0. The fourth-order valence-corrected chi connectivity index (χ4v) is 3.16. The number of thiophene rings is 1. The minimum absolute atomic E-state index is 0.171. The summed E-state index contributed by atoms with van der Waals surface area (Å²) in [5.41, 5.74) is 1.06. The minimum atomic E-state index is -0.496. The van der Waals surface area contributed by atoms with E-state index in [-0.39, 0.29) is 12.4 Å². The van der Waals surface area contributed by atoms with Gasteiger partial charge in [-0.1, -0.05) is 22.0 Å². The lowest BCUT2D eigenvalue weighted by atomic mass is 10.2. The van der Waals surface area contributed by atoms with Gasteiger partial charge >= 0.3 is 5.97 Å². The van der Waals surface area contributed by atoms with E-state index in [1.807, 2.05) is 26.0 Å². The third kappa shape index (κ3) is 3.55. The summed E-state index contributed by atoms with van der Waals surface area (Å²) in [6, 6.07) is 8.70. The van der Waals surface area contributed by atoms with Crippen molar-refractivity contribution in [2.75, 3.05) is 6.61 Å². The molecule has 1 aromatic heterocycles. The van der Waals surface area contributed by atoms with E-state index < -0.39 is 5.97 Å². The molecule has 5 heteroatoms. The zero-order valence-corrected chi connectivity index (χ0v) is 13.5. The number of benzene rings is 1. The molecular formula is C15H13BrO3S. The predicted molar refractivity (Wildman–Crippen MR) is 82.5 cm³/mol. The first-order chi connectivity index (χ1) is 9.47. The van der Waals surface area contributed by atoms with E-state index >= 15 is 0 Å². The molecule has 0 saturated carbocycles. The Morgan fingerprint density at radius 1 is 1.25 bits per heavy atom. The first kappa shape index (κ1) is 14.9. The van der Waals surface area contributed by atoms with Crippen LogP contribution in [0.25, 0.3) is 0 Å². The molecule has 0 aliphatic heterocycles. The van der Waals surface area contributed by atoms with E-state index in [4.69, 9.17) is 4.74 Å². The van der Waals surface area contributed by atoms with Gasteiger partial charge in [0, 0.05) is 19.8 Å². The number of ketones is 1. The molecule has 2 rings (SSSR count). The molecule has 0 unspecified atom stereocenters. The van der Waals surface area contributed by atoms with Gasteiger partial charge in [-0.3, -0.25) is 4.79 Å². The molecule has 1 aromatic carbocycles. The van der Waals surface area contributed by atoms with Crippen molar-refractivity contribution in [3.8, 4) is 0 Å². The molecule has 0 aliphatic carbocycles. The van der Waals surface area contributed by atoms with Crippen molar-refractivity contribution in [1.29, 1.82) is 0 Å². The van der Waals surface area contributed by atoms with E-state index in [0.717, 1.165) is 14.2 Å². The summed E-state index contributed by atoms with van der Waals surface area (Å²) in [6.45, 7) is 3.60. The molecule has 3 nitrogen and oxygen atoms in total. The van der Waals surface area contributed by atoms with Crippen LogP contribution in [-0.2, 0) is 4.74 Å². The highest BCUT2D eigenvalue weighted by molar-refractivity contribution is 9.10. The molecule has 0 fully saturated rings. The molecule has 1 heterocycles. The van der Waals surface area contributed by atoms with Crippen LogP contribution in [0.4, 0.5) is 0 Å². The molecule has 0 N–H and O–H groups in total. The van der Waals surface area contributed by atoms with E-state index in [0.29, 0.717) is 11.1 Å². The van der Waals surface area contributed by atoms with Gasteiger partial charge in [-0.2, -0.15) is 0 Å². The minimum Gasteiger partial charge on any atom is -0.454 e. The Kier molecular flexibility index (Phi) is 4.73. The van der Waals surface area contributed by atoms with E-state index in [9.17, 15) is 9.59 Å². The number of Topliss-reactive ketones (excluding diaryl/α,β-unsaturated/α-hetero) is 1. The van der Waals surface area contributed by atoms with Crippen LogP contribution in [0.1, 0.15) is 30.5 Å². The maximum atomic E-state index is 12.0. The van der Waals surface area contributed by atoms with Crippen LogP contribution >= 0.6 is 27.3 Å². The highest BCUT2D eigenvalue weighted by Gasteiger charge is 2.15. The lowest BCUT2D eigenvalue weighted by Crippen LogP contribution is -2.14. The van der Waals surface area contributed by atoms with Gasteiger partial charge in [-0.05, 0) is 38.1 Å². The third-order valence-electron chi connectivity index (χ3n) is 2.74. The second-order valence-electron chi connectivity index (χ2n) is 4.34. The summed E-state index contributed by atoms with van der Waals surface area (Å²) in [6.07, 6.45) is 0. The number of halogens is 1. The Labute approximate surface area is 129 Å². The SMILES string of the molecule is Cc1cc(C(=O)COC(=O)c2cccc(Br)c2)c(C)s1. The van der Waals surface area contributed by atoms with Gasteiger partial charge in [-0.25, -0.2) is 4.79 Å². The van der Waals surface area contributed by atoms with Crippen LogP contribution in [0.3, 0.4) is 0 Å². The normalized spacial score (nSPS) is 10.3. The maximum Gasteiger partial charge on any atom is 0.338 e. The standard InChI is InChI=1S/C15H13BrO3S/c1-9-6-13(10(2)20-9)14(17)8-19-15(18)11-4-3-5-12(16)7-11/h3-7H,8H2,1-2H3. The van der Waals surface area contributed by atoms with Crippen LogP contribution in [-0.4, -0.2) is 18.4 Å². The second-order valence-corrected chi connectivity index (χ2v) is 6.71. The molecular weight excluding hydrogens is 340 g/mol. The van der Waals surface area contributed by atoms with E-state index in [1.165, 1.54) is 0 Å². The number of ether oxygens (including phenoxy) is 1. The van der Waals surface area contributed by atoms with Gasteiger partial charge < -0.3 is 4.74 Å². The Balaban J connectivity index is 2.00. The number of carbonyl (C=O) groups excluding carboxylic acids is 2. The van der Waals surface area contributed by atoms with Gasteiger partial charge in [0.2, 0.25) is 5.78 Å². The molecule has 20 heavy (non-hydrogen) atoms. The second kappa shape index (κ2) is 6.33. The highest BCUT2D eigenvalue weighted by atomic mass is 79.9. The zero-order chi connectivity index (χ0) is 14.7. The van der Waals surface area contributed by atoms with Crippen molar-refractivity contribution in [3.63, 3.8) is 0 Å². The van der Waals surface area contributed by atoms with Gasteiger partial charge in [0.1, 0.15) is 0 Å². The number of rotatable bonds is 4. The molecule has 2 aromatic rings. The fourth-order valence-electron chi connectivity index (χ4n) is 1.82. The molecule has 0 atom stereocenters. The number of hydrogen-bond donors (Lipinski definition) is 0. The number of esters is 1. The van der Waals surface area contributed by atoms with E-state index in [1.54, 1.807) is 29.5 Å². The molecule has 0 amide bonds. The largest absolute Gasteiger partial charge is 0.454 e.